The Balaban J connectivity index is 1.64. The first kappa shape index (κ1) is 69.5. The van der Waals surface area contributed by atoms with E-state index in [9.17, 15) is 87.9 Å². The van der Waals surface area contributed by atoms with E-state index in [1.165, 1.54) is 37.8 Å². The molecule has 1 aliphatic rings. The Morgan fingerprint density at radius 3 is 1.73 bits per heavy atom. The minimum atomic E-state index is -1.83. The van der Waals surface area contributed by atoms with Crippen LogP contribution >= 0.6 is 0 Å². The molecule has 1 saturated heterocycles. The minimum Gasteiger partial charge on any atom is -0.508 e. The molecule has 0 unspecified atom stereocenters. The van der Waals surface area contributed by atoms with E-state index in [0.29, 0.717) is 17.5 Å². The lowest BCUT2D eigenvalue weighted by molar-refractivity contribution is -0.143. The van der Waals surface area contributed by atoms with Gasteiger partial charge in [-0.1, -0.05) is 70.2 Å². The van der Waals surface area contributed by atoms with Crippen molar-refractivity contribution in [1.29, 1.82) is 0 Å². The second-order valence-electron chi connectivity index (χ2n) is 20.9. The standard InChI is InChI=1S/C54H78N12O18/c1-26(2)42(51(80)57-24-40(71)59-37(25-67)49(78)60-34(18-19-41(72)73)47(76)58-28(5)45(74)62-36(54(83)84)22-30-11-8-7-9-12-30)63-48(77)35(23-39(56)70)61-52(81)44(29(6)68)65-50(79)38-13-10-20-66(38)53(82)43(27(3)4)64-46(75)33(55)21-31-14-16-32(69)17-15-31/h7-9,11-12,14-17,26-29,33-38,42-44,67-69H,10,13,18-25,55H2,1-6H3,(H2,56,70)(H,57,80)(H,58,76)(H,59,71)(H,60,78)(H,61,81)(H,62,74)(H,63,77)(H,64,75)(H,65,79)(H,72,73)(H,83,84)/t28-,29+,33-,34+,35-,36-,37-,38-,42-,43-,44-/m0/s1. The Morgan fingerprint density at radius 1 is 0.607 bits per heavy atom. The van der Waals surface area contributed by atoms with E-state index in [4.69, 9.17) is 11.5 Å². The summed E-state index contributed by atoms with van der Waals surface area (Å²) in [6.45, 7) is 6.73. The number of carboxylic acids is 2. The number of carbonyl (C=O) groups excluding carboxylic acids is 11. The largest absolute Gasteiger partial charge is 0.508 e. The number of carboxylic acid groups (broad SMARTS) is 2. The fraction of sp³-hybridized carbons (Fsp3) is 0.537. The number of phenols is 1. The highest BCUT2D eigenvalue weighted by Crippen LogP contribution is 2.22. The van der Waals surface area contributed by atoms with Gasteiger partial charge in [-0.15, -0.1) is 0 Å². The van der Waals surface area contributed by atoms with Crippen LogP contribution in [-0.2, 0) is 75.2 Å². The fourth-order valence-electron chi connectivity index (χ4n) is 8.60. The van der Waals surface area contributed by atoms with Crippen molar-refractivity contribution in [2.45, 2.75) is 153 Å². The molecule has 1 fully saturated rings. The zero-order valence-electron chi connectivity index (χ0n) is 47.4. The van der Waals surface area contributed by atoms with Crippen LogP contribution < -0.4 is 59.3 Å². The average Bonchev–Trinajstić information content (AvgIpc) is 3.57. The van der Waals surface area contributed by atoms with E-state index in [0.717, 1.165) is 6.92 Å². The highest BCUT2D eigenvalue weighted by Gasteiger charge is 2.42. The molecule has 30 nitrogen and oxygen atoms in total. The van der Waals surface area contributed by atoms with E-state index < -0.39 is 188 Å². The molecule has 0 spiro atoms. The maximum Gasteiger partial charge on any atom is 0.326 e. The van der Waals surface area contributed by atoms with Crippen LogP contribution in [0.1, 0.15) is 84.8 Å². The van der Waals surface area contributed by atoms with Crippen LogP contribution in [0, 0.1) is 11.8 Å². The topological polar surface area (TPSA) is 487 Å². The van der Waals surface area contributed by atoms with Gasteiger partial charge in [-0.3, -0.25) is 57.5 Å². The van der Waals surface area contributed by atoms with Crippen molar-refractivity contribution in [3.05, 3.63) is 65.7 Å². The lowest BCUT2D eigenvalue weighted by Crippen LogP contribution is -2.62. The molecule has 3 rings (SSSR count). The maximum atomic E-state index is 14.0. The summed E-state index contributed by atoms with van der Waals surface area (Å²) in [5, 5.41) is 70.2. The van der Waals surface area contributed by atoms with Gasteiger partial charge in [0.15, 0.2) is 0 Å². The molecule has 462 valence electrons. The van der Waals surface area contributed by atoms with Gasteiger partial charge < -0.3 is 89.8 Å². The zero-order valence-corrected chi connectivity index (χ0v) is 47.4. The predicted octanol–water partition coefficient (Wildman–Crippen LogP) is -4.98. The number of phenolic OH excluding ortho intramolecular Hbond substituents is 1. The van der Waals surface area contributed by atoms with Crippen LogP contribution in [0.25, 0.3) is 0 Å². The fourth-order valence-corrected chi connectivity index (χ4v) is 8.60. The summed E-state index contributed by atoms with van der Waals surface area (Å²) >= 11 is 0. The third-order valence-corrected chi connectivity index (χ3v) is 13.3. The molecule has 11 atom stereocenters. The van der Waals surface area contributed by atoms with Crippen LogP contribution in [0.2, 0.25) is 0 Å². The average molecular weight is 1180 g/mol. The molecule has 1 aliphatic heterocycles. The van der Waals surface area contributed by atoms with Crippen molar-refractivity contribution in [2.24, 2.45) is 23.3 Å². The van der Waals surface area contributed by atoms with E-state index in [2.05, 4.69) is 47.9 Å². The molecule has 30 heteroatoms. The highest BCUT2D eigenvalue weighted by molar-refractivity contribution is 5.99. The van der Waals surface area contributed by atoms with Gasteiger partial charge in [0.05, 0.1) is 31.7 Å². The number of benzene rings is 2. The van der Waals surface area contributed by atoms with Gasteiger partial charge in [0.25, 0.3) is 0 Å². The molecule has 0 aromatic heterocycles. The Labute approximate surface area is 483 Å². The smallest absolute Gasteiger partial charge is 0.326 e. The molecular formula is C54H78N12O18. The summed E-state index contributed by atoms with van der Waals surface area (Å²) in [4.78, 5) is 171. The summed E-state index contributed by atoms with van der Waals surface area (Å²) in [5.41, 5.74) is 12.8. The molecule has 84 heavy (non-hydrogen) atoms. The zero-order chi connectivity index (χ0) is 63.1. The van der Waals surface area contributed by atoms with Crippen LogP contribution in [0.5, 0.6) is 5.75 Å². The molecule has 18 N–H and O–H groups in total. The van der Waals surface area contributed by atoms with Crippen molar-refractivity contribution in [2.75, 3.05) is 19.7 Å². The summed E-state index contributed by atoms with van der Waals surface area (Å²) in [5.74, 6) is -14.9. The number of aliphatic hydroxyl groups excluding tert-OH is 2. The normalized spacial score (nSPS) is 16.5. The quantitative estimate of drug-likeness (QED) is 0.0318. The summed E-state index contributed by atoms with van der Waals surface area (Å²) < 4.78 is 0. The number of amides is 11. The van der Waals surface area contributed by atoms with E-state index in [1.807, 2.05) is 0 Å². The molecule has 2 aromatic rings. The Hall–Kier alpha value is -8.77. The van der Waals surface area contributed by atoms with Gasteiger partial charge in [-0.2, -0.15) is 0 Å². The number of nitrogens with one attached hydrogen (secondary N) is 9. The minimum absolute atomic E-state index is 0.0194. The van der Waals surface area contributed by atoms with Gasteiger partial charge in [0.1, 0.15) is 60.1 Å². The summed E-state index contributed by atoms with van der Waals surface area (Å²) in [6, 6.07) is -0.461. The molecule has 0 aliphatic carbocycles. The van der Waals surface area contributed by atoms with Crippen molar-refractivity contribution < 1.29 is 87.9 Å². The van der Waals surface area contributed by atoms with Crippen LogP contribution in [-0.4, -0.2) is 194 Å². The van der Waals surface area contributed by atoms with Crippen LogP contribution in [0.15, 0.2) is 54.6 Å². The molecule has 1 heterocycles. The summed E-state index contributed by atoms with van der Waals surface area (Å²) in [6.07, 6.45) is -3.30. The lowest BCUT2D eigenvalue weighted by atomic mass is 10.00. The molecule has 0 bridgehead atoms. The Bertz CT molecular complexity index is 2680. The van der Waals surface area contributed by atoms with Crippen molar-refractivity contribution >= 4 is 76.9 Å². The number of aromatic hydroxyl groups is 1. The first-order chi connectivity index (χ1) is 39.4. The molecule has 11 amide bonds. The van der Waals surface area contributed by atoms with Crippen molar-refractivity contribution in [3.8, 4) is 5.75 Å². The summed E-state index contributed by atoms with van der Waals surface area (Å²) in [7, 11) is 0. The number of nitrogens with zero attached hydrogens (tertiary/aromatic N) is 1. The number of carbonyl (C=O) groups is 13. The van der Waals surface area contributed by atoms with Gasteiger partial charge in [-0.05, 0) is 74.6 Å². The number of hydrogen-bond acceptors (Lipinski definition) is 17. The molecule has 2 aromatic carbocycles. The van der Waals surface area contributed by atoms with Gasteiger partial charge in [-0.25, -0.2) is 4.79 Å². The second kappa shape index (κ2) is 33.4. The number of hydrogen-bond donors (Lipinski definition) is 16. The molecule has 0 radical (unpaired) electrons. The first-order valence-corrected chi connectivity index (χ1v) is 27.0. The van der Waals surface area contributed by atoms with Crippen LogP contribution in [0.4, 0.5) is 0 Å². The van der Waals surface area contributed by atoms with E-state index in [-0.39, 0.29) is 31.6 Å². The van der Waals surface area contributed by atoms with Crippen LogP contribution in [0.3, 0.4) is 0 Å². The predicted molar refractivity (Wildman–Crippen MR) is 296 cm³/mol. The second-order valence-corrected chi connectivity index (χ2v) is 20.9. The third-order valence-electron chi connectivity index (χ3n) is 13.3. The Kier molecular flexibility index (Phi) is 27.6. The van der Waals surface area contributed by atoms with Crippen molar-refractivity contribution in [3.63, 3.8) is 0 Å². The number of rotatable bonds is 33. The Morgan fingerprint density at radius 2 is 1.17 bits per heavy atom. The highest BCUT2D eigenvalue weighted by atomic mass is 16.4. The van der Waals surface area contributed by atoms with Gasteiger partial charge in [0.2, 0.25) is 65.0 Å². The van der Waals surface area contributed by atoms with Crippen molar-refractivity contribution in [1.82, 2.24) is 52.8 Å². The monoisotopic (exact) mass is 1180 g/mol. The number of likely N-dealkylation sites (tertiary alicyclic amines) is 1. The van der Waals surface area contributed by atoms with Gasteiger partial charge in [0, 0.05) is 19.4 Å². The molecular weight excluding hydrogens is 1100 g/mol. The number of primary amides is 1. The van der Waals surface area contributed by atoms with E-state index >= 15 is 0 Å². The number of aliphatic hydroxyl groups is 2. The number of nitrogens with two attached hydrogens (primary N) is 2. The maximum absolute atomic E-state index is 14.0. The SMILES string of the molecule is CC(C)[C@H](NC(=O)[C@H](CC(N)=O)NC(=O)[C@@H](NC(=O)[C@@H]1CCCN1C(=O)[C@@H](NC(=O)[C@@H](N)Cc1ccc(O)cc1)C(C)C)[C@@H](C)O)C(=O)NCC(=O)N[C@@H](CO)C(=O)N[C@H](CCC(=O)O)C(=O)N[C@@H](C)C(=O)N[C@@H](Cc1ccccc1)C(=O)O. The molecule has 0 saturated carbocycles. The van der Waals surface area contributed by atoms with Gasteiger partial charge >= 0.3 is 11.9 Å². The first-order valence-electron chi connectivity index (χ1n) is 27.0. The number of aliphatic carboxylic acids is 2. The third kappa shape index (κ3) is 22.2. The lowest BCUT2D eigenvalue weighted by Gasteiger charge is -2.32. The van der Waals surface area contributed by atoms with E-state index in [1.54, 1.807) is 56.3 Å².